The molecule has 2 unspecified atom stereocenters. The molecular formula is C14H20ClNO2. The molecule has 1 aromatic rings. The Morgan fingerprint density at radius 2 is 1.89 bits per heavy atom. The fourth-order valence-electron chi connectivity index (χ4n) is 2.28. The monoisotopic (exact) mass is 269 g/mol. The molecule has 0 saturated heterocycles. The molecular weight excluding hydrogens is 250 g/mol. The summed E-state index contributed by atoms with van der Waals surface area (Å²) < 4.78 is 11.1. The highest BCUT2D eigenvalue weighted by Crippen LogP contribution is 2.39. The van der Waals surface area contributed by atoms with E-state index in [-0.39, 0.29) is 6.04 Å². The lowest BCUT2D eigenvalue weighted by Gasteiger charge is -2.24. The van der Waals surface area contributed by atoms with Gasteiger partial charge in [-0.3, -0.25) is 0 Å². The zero-order chi connectivity index (χ0) is 13.1. The van der Waals surface area contributed by atoms with Gasteiger partial charge in [-0.05, 0) is 24.0 Å². The molecule has 0 aromatic heterocycles. The Labute approximate surface area is 113 Å². The van der Waals surface area contributed by atoms with Gasteiger partial charge >= 0.3 is 0 Å². The molecule has 18 heavy (non-hydrogen) atoms. The van der Waals surface area contributed by atoms with Crippen LogP contribution >= 0.6 is 11.6 Å². The Morgan fingerprint density at radius 3 is 2.50 bits per heavy atom. The first kappa shape index (κ1) is 13.5. The SMILES string of the molecule is CCCC(C)C(N)c1cc2c(cc1Cl)OCCO2. The number of hydrogen-bond donors (Lipinski definition) is 1. The number of hydrogen-bond acceptors (Lipinski definition) is 3. The van der Waals surface area contributed by atoms with Gasteiger partial charge in [0.1, 0.15) is 13.2 Å². The lowest BCUT2D eigenvalue weighted by molar-refractivity contribution is 0.171. The van der Waals surface area contributed by atoms with Crippen molar-refractivity contribution in [3.8, 4) is 11.5 Å². The van der Waals surface area contributed by atoms with Crippen molar-refractivity contribution in [1.29, 1.82) is 0 Å². The third-order valence-electron chi connectivity index (χ3n) is 3.38. The zero-order valence-electron chi connectivity index (χ0n) is 10.9. The van der Waals surface area contributed by atoms with Crippen molar-refractivity contribution >= 4 is 11.6 Å². The van der Waals surface area contributed by atoms with Crippen molar-refractivity contribution in [1.82, 2.24) is 0 Å². The summed E-state index contributed by atoms with van der Waals surface area (Å²) in [7, 11) is 0. The Bertz CT molecular complexity index is 423. The van der Waals surface area contributed by atoms with Crippen LogP contribution in [0.3, 0.4) is 0 Å². The minimum absolute atomic E-state index is 0.0618. The summed E-state index contributed by atoms with van der Waals surface area (Å²) in [5, 5.41) is 0.662. The van der Waals surface area contributed by atoms with Crippen molar-refractivity contribution in [2.75, 3.05) is 13.2 Å². The molecule has 2 rings (SSSR count). The van der Waals surface area contributed by atoms with E-state index < -0.39 is 0 Å². The number of fused-ring (bicyclic) bond motifs is 1. The second kappa shape index (κ2) is 5.81. The molecule has 0 aliphatic carbocycles. The normalized spacial score (nSPS) is 17.3. The van der Waals surface area contributed by atoms with Gasteiger partial charge in [0.2, 0.25) is 0 Å². The van der Waals surface area contributed by atoms with Gasteiger partial charge in [-0.25, -0.2) is 0 Å². The van der Waals surface area contributed by atoms with Crippen molar-refractivity contribution in [3.05, 3.63) is 22.7 Å². The lowest BCUT2D eigenvalue weighted by atomic mass is 9.91. The molecule has 1 aliphatic heterocycles. The Morgan fingerprint density at radius 1 is 1.28 bits per heavy atom. The van der Waals surface area contributed by atoms with Crippen LogP contribution in [0, 0.1) is 5.92 Å². The third-order valence-corrected chi connectivity index (χ3v) is 3.71. The van der Waals surface area contributed by atoms with E-state index >= 15 is 0 Å². The highest BCUT2D eigenvalue weighted by molar-refractivity contribution is 6.31. The van der Waals surface area contributed by atoms with E-state index in [9.17, 15) is 0 Å². The fourth-order valence-corrected chi connectivity index (χ4v) is 2.56. The van der Waals surface area contributed by atoms with E-state index in [1.807, 2.05) is 12.1 Å². The molecule has 0 amide bonds. The molecule has 1 aromatic carbocycles. The molecule has 1 aliphatic rings. The Kier molecular flexibility index (Phi) is 4.36. The number of rotatable bonds is 4. The van der Waals surface area contributed by atoms with E-state index in [1.54, 1.807) is 0 Å². The van der Waals surface area contributed by atoms with Crippen LogP contribution in [0.4, 0.5) is 0 Å². The van der Waals surface area contributed by atoms with Crippen LogP contribution in [0.5, 0.6) is 11.5 Å². The smallest absolute Gasteiger partial charge is 0.162 e. The maximum Gasteiger partial charge on any atom is 0.162 e. The van der Waals surface area contributed by atoms with Gasteiger partial charge in [0, 0.05) is 17.1 Å². The molecule has 4 heteroatoms. The zero-order valence-corrected chi connectivity index (χ0v) is 11.7. The number of halogens is 1. The molecule has 0 radical (unpaired) electrons. The van der Waals surface area contributed by atoms with Crippen molar-refractivity contribution < 1.29 is 9.47 Å². The van der Waals surface area contributed by atoms with Gasteiger partial charge < -0.3 is 15.2 Å². The molecule has 2 N–H and O–H groups in total. The summed E-state index contributed by atoms with van der Waals surface area (Å²) in [5.41, 5.74) is 7.22. The summed E-state index contributed by atoms with van der Waals surface area (Å²) in [6.45, 7) is 5.46. The average Bonchev–Trinajstić information content (AvgIpc) is 2.37. The standard InChI is InChI=1S/C14H20ClNO2/c1-3-4-9(2)14(16)10-7-12-13(8-11(10)15)18-6-5-17-12/h7-9,14H,3-6,16H2,1-2H3. The van der Waals surface area contributed by atoms with E-state index in [4.69, 9.17) is 26.8 Å². The first-order chi connectivity index (χ1) is 8.63. The van der Waals surface area contributed by atoms with E-state index in [2.05, 4.69) is 13.8 Å². The number of benzene rings is 1. The van der Waals surface area contributed by atoms with Gasteiger partial charge in [0.05, 0.1) is 0 Å². The summed E-state index contributed by atoms with van der Waals surface area (Å²) in [5.74, 6) is 1.86. The first-order valence-corrected chi connectivity index (χ1v) is 6.86. The molecule has 0 fully saturated rings. The molecule has 0 spiro atoms. The minimum Gasteiger partial charge on any atom is -0.486 e. The second-order valence-electron chi connectivity index (χ2n) is 4.81. The van der Waals surface area contributed by atoms with Crippen LogP contribution < -0.4 is 15.2 Å². The van der Waals surface area contributed by atoms with E-state index in [0.29, 0.717) is 29.9 Å². The number of nitrogens with two attached hydrogens (primary N) is 1. The lowest BCUT2D eigenvalue weighted by Crippen LogP contribution is -2.21. The average molecular weight is 270 g/mol. The fraction of sp³-hybridized carbons (Fsp3) is 0.571. The largest absolute Gasteiger partial charge is 0.486 e. The second-order valence-corrected chi connectivity index (χ2v) is 5.22. The van der Waals surface area contributed by atoms with E-state index in [1.165, 1.54) is 0 Å². The highest BCUT2D eigenvalue weighted by Gasteiger charge is 2.21. The van der Waals surface area contributed by atoms with Crippen molar-refractivity contribution in [3.63, 3.8) is 0 Å². The molecule has 2 atom stereocenters. The van der Waals surface area contributed by atoms with Crippen LogP contribution in [0.1, 0.15) is 38.3 Å². The Balaban J connectivity index is 2.27. The summed E-state index contributed by atoms with van der Waals surface area (Å²) >= 11 is 6.28. The van der Waals surface area contributed by atoms with Crippen LogP contribution in [0.25, 0.3) is 0 Å². The molecule has 3 nitrogen and oxygen atoms in total. The van der Waals surface area contributed by atoms with Gasteiger partial charge in [-0.1, -0.05) is 31.9 Å². The summed E-state index contributed by atoms with van der Waals surface area (Å²) in [4.78, 5) is 0. The predicted molar refractivity (Wildman–Crippen MR) is 73.4 cm³/mol. The minimum atomic E-state index is -0.0618. The Hall–Kier alpha value is -0.930. The number of ether oxygens (including phenoxy) is 2. The molecule has 100 valence electrons. The van der Waals surface area contributed by atoms with Gasteiger partial charge in [0.15, 0.2) is 11.5 Å². The van der Waals surface area contributed by atoms with Crippen LogP contribution in [0.2, 0.25) is 5.02 Å². The van der Waals surface area contributed by atoms with Gasteiger partial charge in [0.25, 0.3) is 0 Å². The quantitative estimate of drug-likeness (QED) is 0.909. The van der Waals surface area contributed by atoms with Gasteiger partial charge in [-0.2, -0.15) is 0 Å². The highest BCUT2D eigenvalue weighted by atomic mass is 35.5. The van der Waals surface area contributed by atoms with Gasteiger partial charge in [-0.15, -0.1) is 0 Å². The maximum atomic E-state index is 6.28. The van der Waals surface area contributed by atoms with Crippen LogP contribution in [0.15, 0.2) is 12.1 Å². The molecule has 1 heterocycles. The topological polar surface area (TPSA) is 44.5 Å². The van der Waals surface area contributed by atoms with Crippen molar-refractivity contribution in [2.24, 2.45) is 11.7 Å². The van der Waals surface area contributed by atoms with Crippen LogP contribution in [-0.4, -0.2) is 13.2 Å². The molecule has 0 saturated carbocycles. The van der Waals surface area contributed by atoms with Crippen LogP contribution in [-0.2, 0) is 0 Å². The predicted octanol–water partition coefficient (Wildman–Crippen LogP) is 3.55. The first-order valence-electron chi connectivity index (χ1n) is 6.48. The molecule has 0 bridgehead atoms. The third kappa shape index (κ3) is 2.73. The van der Waals surface area contributed by atoms with Crippen molar-refractivity contribution in [2.45, 2.75) is 32.7 Å². The summed E-state index contributed by atoms with van der Waals surface area (Å²) in [6.07, 6.45) is 2.21. The maximum absolute atomic E-state index is 6.28. The van der Waals surface area contributed by atoms with E-state index in [0.717, 1.165) is 24.2 Å². The summed E-state index contributed by atoms with van der Waals surface area (Å²) in [6, 6.07) is 3.67.